The Labute approximate surface area is 170 Å². The zero-order valence-corrected chi connectivity index (χ0v) is 18.0. The number of aromatic nitrogens is 2. The molecule has 3 heterocycles. The lowest BCUT2D eigenvalue weighted by molar-refractivity contribution is 0.0217. The van der Waals surface area contributed by atoms with Crippen LogP contribution in [0.25, 0.3) is 11.0 Å². The summed E-state index contributed by atoms with van der Waals surface area (Å²) in [6.45, 7) is 7.89. The van der Waals surface area contributed by atoms with Crippen molar-refractivity contribution in [2.24, 2.45) is 0 Å². The number of ether oxygens (including phenoxy) is 1. The average Bonchev–Trinajstić information content (AvgIpc) is 2.65. The molecule has 0 saturated carbocycles. The van der Waals surface area contributed by atoms with Crippen molar-refractivity contribution >= 4 is 27.0 Å². The number of aryl methyl sites for hydroxylation is 1. The van der Waals surface area contributed by atoms with Gasteiger partial charge < -0.3 is 14.6 Å². The predicted octanol–water partition coefficient (Wildman–Crippen LogP) is 2.66. The second-order valence-corrected chi connectivity index (χ2v) is 10.5. The van der Waals surface area contributed by atoms with E-state index in [9.17, 15) is 18.0 Å². The minimum Gasteiger partial charge on any atom is -0.444 e. The molecule has 2 aromatic rings. The molecule has 1 fully saturated rings. The van der Waals surface area contributed by atoms with Gasteiger partial charge in [-0.2, -0.15) is 0 Å². The van der Waals surface area contributed by atoms with Crippen LogP contribution in [0.2, 0.25) is 0 Å². The minimum absolute atomic E-state index is 0.0839. The molecule has 1 aliphatic heterocycles. The summed E-state index contributed by atoms with van der Waals surface area (Å²) >= 11 is 0. The number of carbonyl (C=O) groups is 1. The van der Waals surface area contributed by atoms with Gasteiger partial charge in [-0.15, -0.1) is 0 Å². The van der Waals surface area contributed by atoms with Crippen LogP contribution in [0.1, 0.15) is 46.1 Å². The fourth-order valence-electron chi connectivity index (χ4n) is 3.39. The molecule has 1 amide bonds. The molecule has 29 heavy (non-hydrogen) atoms. The number of H-pyrrole nitrogens is 1. The van der Waals surface area contributed by atoms with Gasteiger partial charge in [-0.1, -0.05) is 6.92 Å². The van der Waals surface area contributed by atoms with E-state index >= 15 is 0 Å². The van der Waals surface area contributed by atoms with E-state index in [0.29, 0.717) is 48.9 Å². The molecule has 9 heteroatoms. The molecule has 0 bridgehead atoms. The van der Waals surface area contributed by atoms with Gasteiger partial charge in [0.2, 0.25) is 0 Å². The van der Waals surface area contributed by atoms with Crippen molar-refractivity contribution in [3.8, 4) is 0 Å². The van der Waals surface area contributed by atoms with Crippen molar-refractivity contribution in [2.45, 2.75) is 62.7 Å². The van der Waals surface area contributed by atoms with Gasteiger partial charge in [0.15, 0.2) is 9.84 Å². The van der Waals surface area contributed by atoms with E-state index in [1.165, 1.54) is 12.3 Å². The largest absolute Gasteiger partial charge is 0.444 e. The molecular formula is C20H27N3O5S. The Bertz CT molecular complexity index is 1080. The Hall–Kier alpha value is -2.42. The SMILES string of the molecule is CCc1cc2ncc(S(=O)(=O)C3CCN(C(=O)OC(C)(C)C)CC3)cc2[nH]c1=O. The molecule has 0 aliphatic carbocycles. The van der Waals surface area contributed by atoms with Crippen molar-refractivity contribution < 1.29 is 17.9 Å². The maximum Gasteiger partial charge on any atom is 0.410 e. The van der Waals surface area contributed by atoms with E-state index in [1.807, 2.05) is 6.92 Å². The van der Waals surface area contributed by atoms with Crippen molar-refractivity contribution in [2.75, 3.05) is 13.1 Å². The fourth-order valence-corrected chi connectivity index (χ4v) is 5.09. The first-order valence-corrected chi connectivity index (χ1v) is 11.3. The van der Waals surface area contributed by atoms with Crippen LogP contribution < -0.4 is 5.56 Å². The summed E-state index contributed by atoms with van der Waals surface area (Å²) in [5.41, 5.74) is 0.738. The second kappa shape index (κ2) is 7.78. The Balaban J connectivity index is 1.78. The van der Waals surface area contributed by atoms with Crippen LogP contribution in [0.4, 0.5) is 4.79 Å². The zero-order valence-electron chi connectivity index (χ0n) is 17.2. The van der Waals surface area contributed by atoms with Crippen LogP contribution in [0.5, 0.6) is 0 Å². The highest BCUT2D eigenvalue weighted by Gasteiger charge is 2.34. The quantitative estimate of drug-likeness (QED) is 0.816. The maximum atomic E-state index is 13.1. The molecule has 0 unspecified atom stereocenters. The third kappa shape index (κ3) is 4.60. The summed E-state index contributed by atoms with van der Waals surface area (Å²) < 4.78 is 31.5. The first-order chi connectivity index (χ1) is 13.5. The first kappa shape index (κ1) is 21.3. The number of nitrogens with one attached hydrogen (secondary N) is 1. The summed E-state index contributed by atoms with van der Waals surface area (Å²) in [7, 11) is -3.63. The van der Waals surface area contributed by atoms with Crippen LogP contribution in [-0.4, -0.2) is 53.3 Å². The number of pyridine rings is 2. The first-order valence-electron chi connectivity index (χ1n) is 9.75. The number of sulfone groups is 1. The number of nitrogens with zero attached hydrogens (tertiary/aromatic N) is 2. The van der Waals surface area contributed by atoms with Gasteiger partial charge in [0.05, 0.1) is 21.2 Å². The third-order valence-electron chi connectivity index (χ3n) is 4.99. The zero-order chi connectivity index (χ0) is 21.4. The smallest absolute Gasteiger partial charge is 0.410 e. The summed E-state index contributed by atoms with van der Waals surface area (Å²) in [6.07, 6.45) is 2.14. The van der Waals surface area contributed by atoms with Crippen molar-refractivity contribution in [3.63, 3.8) is 0 Å². The van der Waals surface area contributed by atoms with Crippen LogP contribution in [0.3, 0.4) is 0 Å². The molecule has 0 atom stereocenters. The minimum atomic E-state index is -3.63. The highest BCUT2D eigenvalue weighted by atomic mass is 32.2. The maximum absolute atomic E-state index is 13.1. The number of hydrogen-bond acceptors (Lipinski definition) is 6. The van der Waals surface area contributed by atoms with Gasteiger partial charge in [-0.3, -0.25) is 9.78 Å². The summed E-state index contributed by atoms with van der Waals surface area (Å²) in [5.74, 6) is 0. The predicted molar refractivity (Wildman–Crippen MR) is 110 cm³/mol. The van der Waals surface area contributed by atoms with Gasteiger partial charge in [0.25, 0.3) is 5.56 Å². The monoisotopic (exact) mass is 421 g/mol. The highest BCUT2D eigenvalue weighted by Crippen LogP contribution is 2.26. The molecule has 0 aromatic carbocycles. The van der Waals surface area contributed by atoms with E-state index in [2.05, 4.69) is 9.97 Å². The van der Waals surface area contributed by atoms with Gasteiger partial charge in [-0.05, 0) is 52.2 Å². The molecule has 158 valence electrons. The van der Waals surface area contributed by atoms with E-state index in [-0.39, 0.29) is 10.5 Å². The van der Waals surface area contributed by atoms with Gasteiger partial charge in [0, 0.05) is 24.8 Å². The van der Waals surface area contributed by atoms with E-state index < -0.39 is 26.8 Å². The summed E-state index contributed by atoms with van der Waals surface area (Å²) in [5, 5.41) is -0.609. The van der Waals surface area contributed by atoms with Crippen LogP contribution >= 0.6 is 0 Å². The normalized spacial score (nSPS) is 16.2. The average molecular weight is 422 g/mol. The topological polar surface area (TPSA) is 109 Å². The molecule has 2 aromatic heterocycles. The van der Waals surface area contributed by atoms with Gasteiger partial charge in [0.1, 0.15) is 5.60 Å². The number of amides is 1. The molecule has 0 radical (unpaired) electrons. The molecule has 3 rings (SSSR count). The molecule has 1 N–H and O–H groups in total. The van der Waals surface area contributed by atoms with Crippen molar-refractivity contribution in [3.05, 3.63) is 34.2 Å². The van der Waals surface area contributed by atoms with E-state index in [0.717, 1.165) is 0 Å². The van der Waals surface area contributed by atoms with E-state index in [4.69, 9.17) is 4.74 Å². The standard InChI is InChI=1S/C20H27N3O5S/c1-5-13-10-16-17(22-18(13)24)11-15(12-21-16)29(26,27)14-6-8-23(9-7-14)19(25)28-20(2,3)4/h10-12,14H,5-9H2,1-4H3,(H,22,24). The molecule has 8 nitrogen and oxygen atoms in total. The third-order valence-corrected chi connectivity index (χ3v) is 7.22. The van der Waals surface area contributed by atoms with Crippen LogP contribution in [-0.2, 0) is 21.0 Å². The molecule has 0 spiro atoms. The number of aromatic amines is 1. The number of fused-ring (bicyclic) bond motifs is 1. The Morgan fingerprint density at radius 3 is 2.52 bits per heavy atom. The fraction of sp³-hybridized carbons (Fsp3) is 0.550. The molecular weight excluding hydrogens is 394 g/mol. The van der Waals surface area contributed by atoms with Gasteiger partial charge in [-0.25, -0.2) is 13.2 Å². The van der Waals surface area contributed by atoms with Gasteiger partial charge >= 0.3 is 6.09 Å². The van der Waals surface area contributed by atoms with Crippen molar-refractivity contribution in [1.29, 1.82) is 0 Å². The number of piperidine rings is 1. The van der Waals surface area contributed by atoms with Crippen LogP contribution in [0, 0.1) is 0 Å². The lowest BCUT2D eigenvalue weighted by atomic mass is 10.1. The van der Waals surface area contributed by atoms with Crippen molar-refractivity contribution in [1.82, 2.24) is 14.9 Å². The number of carbonyl (C=O) groups excluding carboxylic acids is 1. The Morgan fingerprint density at radius 1 is 1.28 bits per heavy atom. The highest BCUT2D eigenvalue weighted by molar-refractivity contribution is 7.92. The summed E-state index contributed by atoms with van der Waals surface area (Å²) in [6, 6.07) is 3.16. The second-order valence-electron chi connectivity index (χ2n) is 8.29. The molecule has 1 saturated heterocycles. The number of hydrogen-bond donors (Lipinski definition) is 1. The lowest BCUT2D eigenvalue weighted by Gasteiger charge is -2.33. The lowest BCUT2D eigenvalue weighted by Crippen LogP contribution is -2.44. The summed E-state index contributed by atoms with van der Waals surface area (Å²) in [4.78, 5) is 32.8. The van der Waals surface area contributed by atoms with E-state index in [1.54, 1.807) is 31.7 Å². The molecule has 1 aliphatic rings. The number of rotatable bonds is 3. The Kier molecular flexibility index (Phi) is 5.71. The Morgan fingerprint density at radius 2 is 1.93 bits per heavy atom. The number of likely N-dealkylation sites (tertiary alicyclic amines) is 1. The van der Waals surface area contributed by atoms with Crippen LogP contribution in [0.15, 0.2) is 28.0 Å².